The van der Waals surface area contributed by atoms with E-state index in [0.717, 1.165) is 5.56 Å². The molecule has 0 aliphatic carbocycles. The molecule has 1 aromatic carbocycles. The summed E-state index contributed by atoms with van der Waals surface area (Å²) in [6.45, 7) is 4.22. The van der Waals surface area contributed by atoms with E-state index in [1.807, 2.05) is 26.0 Å². The lowest BCUT2D eigenvalue weighted by Crippen LogP contribution is -2.42. The van der Waals surface area contributed by atoms with Crippen LogP contribution in [-0.4, -0.2) is 36.5 Å². The summed E-state index contributed by atoms with van der Waals surface area (Å²) in [5.41, 5.74) is 7.17. The summed E-state index contributed by atoms with van der Waals surface area (Å²) in [5.74, 6) is -0.184. The summed E-state index contributed by atoms with van der Waals surface area (Å²) >= 11 is 0. The number of rotatable bonds is 5. The van der Waals surface area contributed by atoms with Gasteiger partial charge in [-0.15, -0.1) is 0 Å². The molecule has 0 radical (unpaired) electrons. The fourth-order valence-electron chi connectivity index (χ4n) is 1.60. The van der Waals surface area contributed by atoms with Gasteiger partial charge in [0.15, 0.2) is 0 Å². The number of hydrogen-bond donors (Lipinski definition) is 3. The van der Waals surface area contributed by atoms with Crippen molar-refractivity contribution in [2.75, 3.05) is 18.9 Å². The lowest BCUT2D eigenvalue weighted by molar-refractivity contribution is -0.121. The first-order valence-electron chi connectivity index (χ1n) is 6.53. The van der Waals surface area contributed by atoms with Crippen LogP contribution < -0.4 is 16.4 Å². The van der Waals surface area contributed by atoms with Crippen LogP contribution in [0.2, 0.25) is 0 Å². The van der Waals surface area contributed by atoms with Crippen molar-refractivity contribution < 1.29 is 9.59 Å². The van der Waals surface area contributed by atoms with Crippen LogP contribution >= 0.6 is 0 Å². The maximum absolute atomic E-state index is 11.9. The number of urea groups is 1. The van der Waals surface area contributed by atoms with Gasteiger partial charge in [0.2, 0.25) is 5.91 Å². The Balaban J connectivity index is 2.50. The molecule has 0 spiro atoms. The molecule has 3 amide bonds. The van der Waals surface area contributed by atoms with Gasteiger partial charge in [0, 0.05) is 25.3 Å². The molecule has 0 saturated heterocycles. The van der Waals surface area contributed by atoms with Gasteiger partial charge in [-0.1, -0.05) is 12.1 Å². The standard InChI is InChI=1S/C14H22N4O2/c1-10(2)16-13(19)9-18(3)14(20)17-12-6-4-11(8-15)5-7-12/h4-7,10H,8-9,15H2,1-3H3,(H,16,19)(H,17,20). The molecule has 1 rings (SSSR count). The number of benzene rings is 1. The Hall–Kier alpha value is -2.08. The number of carbonyl (C=O) groups excluding carboxylic acids is 2. The van der Waals surface area contributed by atoms with Crippen LogP contribution in [0.5, 0.6) is 0 Å². The van der Waals surface area contributed by atoms with Crippen LogP contribution in [0.1, 0.15) is 19.4 Å². The molecule has 0 unspecified atom stereocenters. The second kappa shape index (κ2) is 7.49. The molecule has 6 heteroatoms. The van der Waals surface area contributed by atoms with Gasteiger partial charge in [-0.25, -0.2) is 4.79 Å². The van der Waals surface area contributed by atoms with E-state index in [1.54, 1.807) is 19.2 Å². The summed E-state index contributed by atoms with van der Waals surface area (Å²) in [4.78, 5) is 24.8. The Morgan fingerprint density at radius 3 is 2.35 bits per heavy atom. The van der Waals surface area contributed by atoms with Gasteiger partial charge in [0.25, 0.3) is 0 Å². The Labute approximate surface area is 119 Å². The van der Waals surface area contributed by atoms with Crippen LogP contribution in [-0.2, 0) is 11.3 Å². The van der Waals surface area contributed by atoms with Crippen LogP contribution in [0, 0.1) is 0 Å². The van der Waals surface area contributed by atoms with Crippen molar-refractivity contribution in [3.05, 3.63) is 29.8 Å². The van der Waals surface area contributed by atoms with Gasteiger partial charge < -0.3 is 21.3 Å². The first kappa shape index (κ1) is 16.0. The number of amides is 3. The summed E-state index contributed by atoms with van der Waals surface area (Å²) in [6.07, 6.45) is 0. The van der Waals surface area contributed by atoms with Gasteiger partial charge >= 0.3 is 6.03 Å². The highest BCUT2D eigenvalue weighted by Crippen LogP contribution is 2.09. The molecule has 110 valence electrons. The normalized spacial score (nSPS) is 10.2. The lowest BCUT2D eigenvalue weighted by Gasteiger charge is -2.18. The monoisotopic (exact) mass is 278 g/mol. The molecule has 6 nitrogen and oxygen atoms in total. The Bertz CT molecular complexity index is 457. The highest BCUT2D eigenvalue weighted by atomic mass is 16.2. The van der Waals surface area contributed by atoms with Crippen LogP contribution in [0.15, 0.2) is 24.3 Å². The zero-order valence-corrected chi connectivity index (χ0v) is 12.1. The molecule has 0 atom stereocenters. The molecule has 0 heterocycles. The van der Waals surface area contributed by atoms with Crippen molar-refractivity contribution in [3.63, 3.8) is 0 Å². The highest BCUT2D eigenvalue weighted by molar-refractivity contribution is 5.92. The van der Waals surface area contributed by atoms with Gasteiger partial charge in [0.05, 0.1) is 0 Å². The fourth-order valence-corrected chi connectivity index (χ4v) is 1.60. The molecule has 0 saturated carbocycles. The molecule has 20 heavy (non-hydrogen) atoms. The van der Waals surface area contributed by atoms with E-state index in [2.05, 4.69) is 10.6 Å². The van der Waals surface area contributed by atoms with Crippen molar-refractivity contribution in [2.45, 2.75) is 26.4 Å². The third-order valence-corrected chi connectivity index (χ3v) is 2.62. The van der Waals surface area contributed by atoms with Crippen LogP contribution in [0.4, 0.5) is 10.5 Å². The first-order chi connectivity index (χ1) is 9.42. The number of hydrogen-bond acceptors (Lipinski definition) is 3. The molecule has 0 aliphatic heterocycles. The number of nitrogens with one attached hydrogen (secondary N) is 2. The fraction of sp³-hybridized carbons (Fsp3) is 0.429. The molecule has 0 fully saturated rings. The summed E-state index contributed by atoms with van der Waals surface area (Å²) < 4.78 is 0. The summed E-state index contributed by atoms with van der Waals surface area (Å²) in [7, 11) is 1.57. The number of carbonyl (C=O) groups is 2. The van der Waals surface area contributed by atoms with Crippen LogP contribution in [0.25, 0.3) is 0 Å². The predicted molar refractivity (Wildman–Crippen MR) is 79.3 cm³/mol. The van der Waals surface area contributed by atoms with E-state index in [4.69, 9.17) is 5.73 Å². The van der Waals surface area contributed by atoms with Gasteiger partial charge in [-0.2, -0.15) is 0 Å². The maximum Gasteiger partial charge on any atom is 0.322 e. The molecule has 0 bridgehead atoms. The number of anilines is 1. The van der Waals surface area contributed by atoms with Crippen molar-refractivity contribution in [2.24, 2.45) is 5.73 Å². The van der Waals surface area contributed by atoms with E-state index in [9.17, 15) is 9.59 Å². The lowest BCUT2D eigenvalue weighted by atomic mass is 10.2. The zero-order chi connectivity index (χ0) is 15.1. The largest absolute Gasteiger partial charge is 0.352 e. The van der Waals surface area contributed by atoms with E-state index >= 15 is 0 Å². The molecule has 1 aromatic rings. The van der Waals surface area contributed by atoms with Crippen molar-refractivity contribution in [1.29, 1.82) is 0 Å². The summed E-state index contributed by atoms with van der Waals surface area (Å²) in [5, 5.41) is 5.45. The Morgan fingerprint density at radius 1 is 1.25 bits per heavy atom. The molecular formula is C14H22N4O2. The minimum absolute atomic E-state index is 0.0187. The first-order valence-corrected chi connectivity index (χ1v) is 6.53. The second-order valence-electron chi connectivity index (χ2n) is 4.91. The van der Waals surface area contributed by atoms with Crippen molar-refractivity contribution in [3.8, 4) is 0 Å². The van der Waals surface area contributed by atoms with E-state index < -0.39 is 0 Å². The average molecular weight is 278 g/mol. The second-order valence-corrected chi connectivity index (χ2v) is 4.91. The Morgan fingerprint density at radius 2 is 1.85 bits per heavy atom. The van der Waals surface area contributed by atoms with Crippen molar-refractivity contribution in [1.82, 2.24) is 10.2 Å². The number of nitrogens with two attached hydrogens (primary N) is 1. The quantitative estimate of drug-likeness (QED) is 0.754. The van der Waals surface area contributed by atoms with E-state index in [-0.39, 0.29) is 24.5 Å². The van der Waals surface area contributed by atoms with Crippen LogP contribution in [0.3, 0.4) is 0 Å². The summed E-state index contributed by atoms with van der Waals surface area (Å²) in [6, 6.07) is 6.99. The minimum atomic E-state index is -0.329. The molecule has 0 aromatic heterocycles. The number of nitrogens with zero attached hydrogens (tertiary/aromatic N) is 1. The van der Waals surface area contributed by atoms with Gasteiger partial charge in [-0.3, -0.25) is 4.79 Å². The minimum Gasteiger partial charge on any atom is -0.352 e. The average Bonchev–Trinajstić information content (AvgIpc) is 2.38. The SMILES string of the molecule is CC(C)NC(=O)CN(C)C(=O)Nc1ccc(CN)cc1. The zero-order valence-electron chi connectivity index (χ0n) is 12.1. The Kier molecular flexibility index (Phi) is 5.99. The predicted octanol–water partition coefficient (Wildman–Crippen LogP) is 1.13. The van der Waals surface area contributed by atoms with Gasteiger partial charge in [-0.05, 0) is 31.5 Å². The molecule has 4 N–H and O–H groups in total. The van der Waals surface area contributed by atoms with Crippen molar-refractivity contribution >= 4 is 17.6 Å². The third-order valence-electron chi connectivity index (χ3n) is 2.62. The highest BCUT2D eigenvalue weighted by Gasteiger charge is 2.13. The maximum atomic E-state index is 11.9. The third kappa shape index (κ3) is 5.27. The van der Waals surface area contributed by atoms with E-state index in [1.165, 1.54) is 4.90 Å². The van der Waals surface area contributed by atoms with Gasteiger partial charge in [0.1, 0.15) is 6.54 Å². The van der Waals surface area contributed by atoms with E-state index in [0.29, 0.717) is 12.2 Å². The smallest absolute Gasteiger partial charge is 0.322 e. The topological polar surface area (TPSA) is 87.5 Å². The molecular weight excluding hydrogens is 256 g/mol. The molecule has 0 aliphatic rings. The number of likely N-dealkylation sites (N-methyl/N-ethyl adjacent to an activating group) is 1.